The molecule has 0 radical (unpaired) electrons. The highest BCUT2D eigenvalue weighted by atomic mass is 32.2. The quantitative estimate of drug-likeness (QED) is 0.859. The molecule has 1 saturated heterocycles. The molecule has 0 unspecified atom stereocenters. The second kappa shape index (κ2) is 7.75. The van der Waals surface area contributed by atoms with E-state index in [2.05, 4.69) is 5.32 Å². The molecule has 1 aromatic carbocycles. The molecule has 1 fully saturated rings. The predicted octanol–water partition coefficient (Wildman–Crippen LogP) is 3.16. The van der Waals surface area contributed by atoms with Gasteiger partial charge in [-0.3, -0.25) is 4.79 Å². The van der Waals surface area contributed by atoms with Crippen LogP contribution in [0.1, 0.15) is 39.5 Å². The second-order valence-corrected chi connectivity index (χ2v) is 7.99. The van der Waals surface area contributed by atoms with Crippen LogP contribution < -0.4 is 5.32 Å². The summed E-state index contributed by atoms with van der Waals surface area (Å²) >= 11 is 0. The fraction of sp³-hybridized carbons (Fsp3) is 0.471. The maximum atomic E-state index is 12.6. The van der Waals surface area contributed by atoms with Gasteiger partial charge >= 0.3 is 0 Å². The van der Waals surface area contributed by atoms with Gasteiger partial charge in [0.25, 0.3) is 0 Å². The zero-order valence-electron chi connectivity index (χ0n) is 13.7. The zero-order valence-corrected chi connectivity index (χ0v) is 14.5. The van der Waals surface area contributed by atoms with Gasteiger partial charge in [-0.1, -0.05) is 18.4 Å². The van der Waals surface area contributed by atoms with E-state index in [1.807, 2.05) is 13.8 Å². The molecular formula is C17H24N2O3S. The number of sulfonamides is 1. The van der Waals surface area contributed by atoms with Crippen molar-refractivity contribution in [2.75, 3.05) is 18.4 Å². The van der Waals surface area contributed by atoms with E-state index in [9.17, 15) is 13.2 Å². The molecule has 0 aliphatic carbocycles. The summed E-state index contributed by atoms with van der Waals surface area (Å²) in [6.07, 6.45) is 5.50. The van der Waals surface area contributed by atoms with Crippen LogP contribution >= 0.6 is 0 Å². The number of rotatable bonds is 4. The number of anilines is 1. The summed E-state index contributed by atoms with van der Waals surface area (Å²) in [5.41, 5.74) is 1.49. The average molecular weight is 336 g/mol. The Morgan fingerprint density at radius 2 is 1.61 bits per heavy atom. The number of amides is 1. The SMILES string of the molecule is CC(C)=CC(=O)Nc1ccc(S(=O)(=O)N2CCCCCC2)cc1. The number of allylic oxidation sites excluding steroid dienone is 1. The van der Waals surface area contributed by atoms with E-state index in [1.165, 1.54) is 6.08 Å². The van der Waals surface area contributed by atoms with Crippen molar-refractivity contribution in [2.24, 2.45) is 0 Å². The van der Waals surface area contributed by atoms with Crippen LogP contribution in [0.3, 0.4) is 0 Å². The molecule has 0 atom stereocenters. The number of nitrogens with one attached hydrogen (secondary N) is 1. The van der Waals surface area contributed by atoms with Crippen molar-refractivity contribution in [3.8, 4) is 0 Å². The third-order valence-electron chi connectivity index (χ3n) is 3.74. The van der Waals surface area contributed by atoms with E-state index in [1.54, 1.807) is 28.6 Å². The van der Waals surface area contributed by atoms with Gasteiger partial charge < -0.3 is 5.32 Å². The molecule has 1 amide bonds. The Labute approximate surface area is 138 Å². The molecule has 0 saturated carbocycles. The summed E-state index contributed by atoms with van der Waals surface area (Å²) in [7, 11) is -3.44. The molecule has 1 heterocycles. The molecule has 1 aromatic rings. The van der Waals surface area contributed by atoms with Crippen molar-refractivity contribution in [1.82, 2.24) is 4.31 Å². The van der Waals surface area contributed by atoms with Crippen molar-refractivity contribution in [1.29, 1.82) is 0 Å². The van der Waals surface area contributed by atoms with E-state index in [0.29, 0.717) is 18.8 Å². The van der Waals surface area contributed by atoms with Crippen molar-refractivity contribution >= 4 is 21.6 Å². The predicted molar refractivity (Wildman–Crippen MR) is 91.7 cm³/mol. The van der Waals surface area contributed by atoms with E-state index >= 15 is 0 Å². The minimum absolute atomic E-state index is 0.215. The third-order valence-corrected chi connectivity index (χ3v) is 5.66. The first-order valence-corrected chi connectivity index (χ1v) is 9.40. The molecule has 0 aromatic heterocycles. The van der Waals surface area contributed by atoms with Crippen molar-refractivity contribution < 1.29 is 13.2 Å². The minimum atomic E-state index is -3.44. The first-order valence-electron chi connectivity index (χ1n) is 7.96. The van der Waals surface area contributed by atoms with Gasteiger partial charge in [0.05, 0.1) is 4.90 Å². The Balaban J connectivity index is 2.11. The number of carbonyl (C=O) groups is 1. The Hall–Kier alpha value is -1.66. The smallest absolute Gasteiger partial charge is 0.248 e. The molecule has 23 heavy (non-hydrogen) atoms. The lowest BCUT2D eigenvalue weighted by atomic mass is 10.2. The molecule has 6 heteroatoms. The van der Waals surface area contributed by atoms with Gasteiger partial charge in [0.1, 0.15) is 0 Å². The van der Waals surface area contributed by atoms with Crippen LogP contribution in [0.4, 0.5) is 5.69 Å². The van der Waals surface area contributed by atoms with Gasteiger partial charge in [-0.15, -0.1) is 0 Å². The van der Waals surface area contributed by atoms with Gasteiger partial charge in [0.15, 0.2) is 0 Å². The summed E-state index contributed by atoms with van der Waals surface area (Å²) in [5, 5.41) is 2.72. The van der Waals surface area contributed by atoms with Crippen LogP contribution in [0.2, 0.25) is 0 Å². The van der Waals surface area contributed by atoms with Crippen molar-refractivity contribution in [3.63, 3.8) is 0 Å². The van der Waals surface area contributed by atoms with E-state index < -0.39 is 10.0 Å². The summed E-state index contributed by atoms with van der Waals surface area (Å²) in [6, 6.07) is 6.36. The average Bonchev–Trinajstić information content (AvgIpc) is 2.76. The van der Waals surface area contributed by atoms with Crippen LogP contribution in [-0.2, 0) is 14.8 Å². The summed E-state index contributed by atoms with van der Waals surface area (Å²) < 4.78 is 26.9. The lowest BCUT2D eigenvalue weighted by Crippen LogP contribution is -2.31. The van der Waals surface area contributed by atoms with E-state index in [4.69, 9.17) is 0 Å². The Morgan fingerprint density at radius 1 is 1.04 bits per heavy atom. The molecule has 0 bridgehead atoms. The third kappa shape index (κ3) is 4.91. The van der Waals surface area contributed by atoms with Gasteiger partial charge in [-0.2, -0.15) is 4.31 Å². The maximum absolute atomic E-state index is 12.6. The molecule has 1 aliphatic heterocycles. The fourth-order valence-electron chi connectivity index (χ4n) is 2.58. The molecule has 5 nitrogen and oxygen atoms in total. The van der Waals surface area contributed by atoms with Crippen LogP contribution in [0.15, 0.2) is 40.8 Å². The molecular weight excluding hydrogens is 312 g/mol. The van der Waals surface area contributed by atoms with Crippen LogP contribution in [0.25, 0.3) is 0 Å². The summed E-state index contributed by atoms with van der Waals surface area (Å²) in [6.45, 7) is 4.86. The molecule has 1 aliphatic rings. The molecule has 1 N–H and O–H groups in total. The minimum Gasteiger partial charge on any atom is -0.323 e. The highest BCUT2D eigenvalue weighted by Gasteiger charge is 2.24. The second-order valence-electron chi connectivity index (χ2n) is 6.05. The number of benzene rings is 1. The highest BCUT2D eigenvalue weighted by Crippen LogP contribution is 2.21. The lowest BCUT2D eigenvalue weighted by molar-refractivity contribution is -0.111. The number of carbonyl (C=O) groups excluding carboxylic acids is 1. The molecule has 2 rings (SSSR count). The number of nitrogens with zero attached hydrogens (tertiary/aromatic N) is 1. The Kier molecular flexibility index (Phi) is 5.96. The number of hydrogen-bond donors (Lipinski definition) is 1. The monoisotopic (exact) mass is 336 g/mol. The van der Waals surface area contributed by atoms with Gasteiger partial charge in [0, 0.05) is 24.9 Å². The normalized spacial score (nSPS) is 16.4. The lowest BCUT2D eigenvalue weighted by Gasteiger charge is -2.20. The first kappa shape index (κ1) is 17.7. The van der Waals surface area contributed by atoms with E-state index in [-0.39, 0.29) is 10.8 Å². The van der Waals surface area contributed by atoms with Gasteiger partial charge in [0.2, 0.25) is 15.9 Å². The van der Waals surface area contributed by atoms with Crippen LogP contribution in [0, 0.1) is 0 Å². The van der Waals surface area contributed by atoms with Crippen molar-refractivity contribution in [3.05, 3.63) is 35.9 Å². The molecule has 126 valence electrons. The standard InChI is InChI=1S/C17H24N2O3S/c1-14(2)13-17(20)18-15-7-9-16(10-8-15)23(21,22)19-11-5-3-4-6-12-19/h7-10,13H,3-6,11-12H2,1-2H3,(H,18,20). The fourth-order valence-corrected chi connectivity index (χ4v) is 4.10. The summed E-state index contributed by atoms with van der Waals surface area (Å²) in [5.74, 6) is -0.215. The Morgan fingerprint density at radius 3 is 2.13 bits per heavy atom. The van der Waals surface area contributed by atoms with Gasteiger partial charge in [-0.25, -0.2) is 8.42 Å². The van der Waals surface area contributed by atoms with E-state index in [0.717, 1.165) is 31.3 Å². The first-order chi connectivity index (χ1) is 10.9. The van der Waals surface area contributed by atoms with Crippen molar-refractivity contribution in [2.45, 2.75) is 44.4 Å². The highest BCUT2D eigenvalue weighted by molar-refractivity contribution is 7.89. The Bertz CT molecular complexity index is 666. The largest absolute Gasteiger partial charge is 0.323 e. The zero-order chi connectivity index (χ0) is 16.9. The topological polar surface area (TPSA) is 66.5 Å². The maximum Gasteiger partial charge on any atom is 0.248 e. The van der Waals surface area contributed by atoms with Crippen LogP contribution in [0.5, 0.6) is 0 Å². The van der Waals surface area contributed by atoms with Crippen LogP contribution in [-0.4, -0.2) is 31.7 Å². The molecule has 0 spiro atoms. The summed E-state index contributed by atoms with van der Waals surface area (Å²) in [4.78, 5) is 12.0. The van der Waals surface area contributed by atoms with Gasteiger partial charge in [-0.05, 0) is 51.0 Å². The number of hydrogen-bond acceptors (Lipinski definition) is 3.